The van der Waals surface area contributed by atoms with Gasteiger partial charge in [0, 0.05) is 16.0 Å². The lowest BCUT2D eigenvalue weighted by molar-refractivity contribution is 0.482. The van der Waals surface area contributed by atoms with Crippen LogP contribution in [0, 0.1) is 0 Å². The highest BCUT2D eigenvalue weighted by atomic mass is 32.2. The molecule has 1 saturated heterocycles. The van der Waals surface area contributed by atoms with Gasteiger partial charge >= 0.3 is 0 Å². The monoisotopic (exact) mass is 310 g/mol. The molecule has 1 fully saturated rings. The van der Waals surface area contributed by atoms with E-state index in [1.54, 1.807) is 0 Å². The molecular weight excluding hydrogens is 292 g/mol. The van der Waals surface area contributed by atoms with Crippen molar-refractivity contribution in [3.8, 4) is 11.5 Å². The maximum absolute atomic E-state index is 12.1. The van der Waals surface area contributed by atoms with Crippen LogP contribution in [-0.2, 0) is 10.8 Å². The van der Waals surface area contributed by atoms with Crippen LogP contribution in [0.4, 0.5) is 0 Å². The molecule has 2 aliphatic rings. The maximum Gasteiger partial charge on any atom is 0.127 e. The molecule has 0 aliphatic carbocycles. The predicted molar refractivity (Wildman–Crippen MR) is 90.5 cm³/mol. The lowest BCUT2D eigenvalue weighted by Gasteiger charge is -2.19. The lowest BCUT2D eigenvalue weighted by Crippen LogP contribution is -2.19. The second kappa shape index (κ2) is 5.73. The first-order chi connectivity index (χ1) is 10.8. The number of hydrogen-bond acceptors (Lipinski definition) is 2. The van der Waals surface area contributed by atoms with Gasteiger partial charge in [-0.15, -0.1) is 0 Å². The van der Waals surface area contributed by atoms with Crippen molar-refractivity contribution in [2.24, 2.45) is 0 Å². The molecule has 3 atom stereocenters. The summed E-state index contributed by atoms with van der Waals surface area (Å²) < 4.78 is 17.9. The van der Waals surface area contributed by atoms with Gasteiger partial charge in [-0.1, -0.05) is 36.4 Å². The molecule has 2 heterocycles. The molecule has 0 radical (unpaired) electrons. The molecule has 2 aromatic carbocycles. The quantitative estimate of drug-likeness (QED) is 0.831. The Hall–Kier alpha value is -1.87. The Morgan fingerprint density at radius 3 is 2.36 bits per heavy atom. The van der Waals surface area contributed by atoms with E-state index in [9.17, 15) is 4.21 Å². The summed E-state index contributed by atoms with van der Waals surface area (Å²) in [6, 6.07) is 18.0. The third kappa shape index (κ3) is 2.61. The number of para-hydroxylation sites is 1. The van der Waals surface area contributed by atoms with Gasteiger partial charge in [0.05, 0.1) is 5.25 Å². The number of allylic oxidation sites excluding steroid dienone is 1. The molecule has 22 heavy (non-hydrogen) atoms. The van der Waals surface area contributed by atoms with Crippen LogP contribution in [0.1, 0.15) is 24.8 Å². The van der Waals surface area contributed by atoms with Crippen LogP contribution in [0.2, 0.25) is 0 Å². The van der Waals surface area contributed by atoms with E-state index >= 15 is 0 Å². The van der Waals surface area contributed by atoms with E-state index in [0.717, 1.165) is 30.8 Å². The van der Waals surface area contributed by atoms with Crippen molar-refractivity contribution in [1.82, 2.24) is 0 Å². The molecule has 2 nitrogen and oxygen atoms in total. The van der Waals surface area contributed by atoms with Crippen molar-refractivity contribution in [2.75, 3.05) is 0 Å². The fraction of sp³-hybridized carbons (Fsp3) is 0.263. The Balaban J connectivity index is 1.53. The smallest absolute Gasteiger partial charge is 0.127 e. The average molecular weight is 310 g/mol. The van der Waals surface area contributed by atoms with Crippen molar-refractivity contribution in [1.29, 1.82) is 0 Å². The number of rotatable bonds is 3. The first-order valence-electron chi connectivity index (χ1n) is 7.73. The van der Waals surface area contributed by atoms with E-state index in [0.29, 0.717) is 5.25 Å². The SMILES string of the molecule is O=S1C2C=C(c3ccc(Oc4ccccc4)cc3)CC1CC2. The maximum atomic E-state index is 12.1. The molecule has 0 saturated carbocycles. The molecule has 3 unspecified atom stereocenters. The van der Waals surface area contributed by atoms with Gasteiger partial charge in [0.25, 0.3) is 0 Å². The Labute approximate surface area is 133 Å². The van der Waals surface area contributed by atoms with Crippen LogP contribution in [0.3, 0.4) is 0 Å². The van der Waals surface area contributed by atoms with Gasteiger partial charge in [-0.3, -0.25) is 4.21 Å². The van der Waals surface area contributed by atoms with Gasteiger partial charge in [-0.2, -0.15) is 0 Å². The van der Waals surface area contributed by atoms with Crippen LogP contribution in [0.25, 0.3) is 5.57 Å². The highest BCUT2D eigenvalue weighted by molar-refractivity contribution is 7.86. The summed E-state index contributed by atoms with van der Waals surface area (Å²) in [5, 5.41) is 0.638. The van der Waals surface area contributed by atoms with Crippen molar-refractivity contribution in [2.45, 2.75) is 29.8 Å². The van der Waals surface area contributed by atoms with Crippen LogP contribution in [-0.4, -0.2) is 14.7 Å². The fourth-order valence-corrected chi connectivity index (χ4v) is 5.15. The first-order valence-corrected chi connectivity index (χ1v) is 9.00. The van der Waals surface area contributed by atoms with E-state index < -0.39 is 10.8 Å². The van der Waals surface area contributed by atoms with Gasteiger partial charge in [-0.05, 0) is 54.7 Å². The second-order valence-corrected chi connectivity index (χ2v) is 7.83. The highest BCUT2D eigenvalue weighted by Crippen LogP contribution is 2.38. The van der Waals surface area contributed by atoms with Crippen LogP contribution >= 0.6 is 0 Å². The summed E-state index contributed by atoms with van der Waals surface area (Å²) in [6.07, 6.45) is 5.36. The minimum absolute atomic E-state index is 0.272. The average Bonchev–Trinajstić information content (AvgIpc) is 2.77. The Bertz CT molecular complexity index is 719. The van der Waals surface area contributed by atoms with Crippen LogP contribution in [0.15, 0.2) is 60.7 Å². The Morgan fingerprint density at radius 1 is 0.909 bits per heavy atom. The van der Waals surface area contributed by atoms with Crippen molar-refractivity contribution in [3.05, 3.63) is 66.2 Å². The summed E-state index contributed by atoms with van der Waals surface area (Å²) in [5.74, 6) is 1.69. The largest absolute Gasteiger partial charge is 0.457 e. The topological polar surface area (TPSA) is 26.3 Å². The zero-order valence-corrected chi connectivity index (χ0v) is 13.1. The first kappa shape index (κ1) is 13.8. The molecule has 112 valence electrons. The van der Waals surface area contributed by atoms with Gasteiger partial charge in [0.15, 0.2) is 0 Å². The van der Waals surface area contributed by atoms with Crippen molar-refractivity contribution in [3.63, 3.8) is 0 Å². The molecular formula is C19H18O2S. The molecule has 3 heteroatoms. The molecule has 2 aromatic rings. The van der Waals surface area contributed by atoms with E-state index in [2.05, 4.69) is 18.2 Å². The molecule has 2 bridgehead atoms. The summed E-state index contributed by atoms with van der Waals surface area (Å²) in [7, 11) is -0.645. The number of hydrogen-bond donors (Lipinski definition) is 0. The normalized spacial score (nSPS) is 26.5. The van der Waals surface area contributed by atoms with Crippen LogP contribution < -0.4 is 4.74 Å². The highest BCUT2D eigenvalue weighted by Gasteiger charge is 2.36. The molecule has 0 spiro atoms. The Morgan fingerprint density at radius 2 is 1.64 bits per heavy atom. The van der Waals surface area contributed by atoms with E-state index in [1.165, 1.54) is 11.1 Å². The molecule has 0 amide bonds. The lowest BCUT2D eigenvalue weighted by atomic mass is 10.0. The summed E-state index contributed by atoms with van der Waals surface area (Å²) in [4.78, 5) is 0. The molecule has 0 aromatic heterocycles. The number of fused-ring (bicyclic) bond motifs is 2. The number of ether oxygens (including phenoxy) is 1. The minimum atomic E-state index is -0.645. The fourth-order valence-electron chi connectivity index (χ4n) is 3.28. The number of benzene rings is 2. The summed E-state index contributed by atoms with van der Waals surface area (Å²) in [5.41, 5.74) is 2.58. The molecule has 4 rings (SSSR count). The van der Waals surface area contributed by atoms with E-state index in [-0.39, 0.29) is 5.25 Å². The Kier molecular flexibility index (Phi) is 3.59. The van der Waals surface area contributed by atoms with Gasteiger partial charge in [0.1, 0.15) is 11.5 Å². The molecule has 0 N–H and O–H groups in total. The van der Waals surface area contributed by atoms with Crippen LogP contribution in [0.5, 0.6) is 11.5 Å². The summed E-state index contributed by atoms with van der Waals surface area (Å²) in [6.45, 7) is 0. The third-order valence-corrected chi connectivity index (χ3v) is 6.47. The van der Waals surface area contributed by atoms with Gasteiger partial charge < -0.3 is 4.74 Å². The zero-order chi connectivity index (χ0) is 14.9. The second-order valence-electron chi connectivity index (χ2n) is 5.90. The molecule has 2 aliphatic heterocycles. The zero-order valence-electron chi connectivity index (χ0n) is 12.3. The third-order valence-electron chi connectivity index (χ3n) is 4.44. The van der Waals surface area contributed by atoms with Crippen molar-refractivity contribution < 1.29 is 8.95 Å². The van der Waals surface area contributed by atoms with E-state index in [1.807, 2.05) is 42.5 Å². The minimum Gasteiger partial charge on any atom is -0.457 e. The standard InChI is InChI=1S/C19H18O2S/c20-22-18-10-11-19(22)13-15(12-18)14-6-8-17(9-7-14)21-16-4-2-1-3-5-16/h1-9,12,18-19H,10-11,13H2. The summed E-state index contributed by atoms with van der Waals surface area (Å²) >= 11 is 0. The van der Waals surface area contributed by atoms with E-state index in [4.69, 9.17) is 4.74 Å². The van der Waals surface area contributed by atoms with Gasteiger partial charge in [0.2, 0.25) is 0 Å². The van der Waals surface area contributed by atoms with Crippen molar-refractivity contribution >= 4 is 16.4 Å². The van der Waals surface area contributed by atoms with Gasteiger partial charge in [-0.25, -0.2) is 0 Å². The predicted octanol–water partition coefficient (Wildman–Crippen LogP) is 4.55.